The van der Waals surface area contributed by atoms with Crippen LogP contribution in [0.3, 0.4) is 0 Å². The lowest BCUT2D eigenvalue weighted by molar-refractivity contribution is -0.135. The van der Waals surface area contributed by atoms with Gasteiger partial charge >= 0.3 is 0 Å². The van der Waals surface area contributed by atoms with E-state index in [1.54, 1.807) is 22.3 Å². The maximum Gasteiger partial charge on any atom is 0.257 e. The first kappa shape index (κ1) is 23.7. The highest BCUT2D eigenvalue weighted by molar-refractivity contribution is 7.10. The molecule has 2 amide bonds. The Morgan fingerprint density at radius 3 is 2.74 bits per heavy atom. The molecule has 0 saturated heterocycles. The number of para-hydroxylation sites is 1. The zero-order chi connectivity index (χ0) is 24.1. The minimum absolute atomic E-state index is 0.0599. The number of carbonyl (C=O) groups is 2. The van der Waals surface area contributed by atoms with Crippen molar-refractivity contribution in [3.63, 3.8) is 0 Å². The van der Waals surface area contributed by atoms with Crippen LogP contribution in [-0.4, -0.2) is 47.9 Å². The van der Waals surface area contributed by atoms with E-state index >= 15 is 0 Å². The van der Waals surface area contributed by atoms with E-state index < -0.39 is 11.7 Å². The molecule has 1 aliphatic rings. The van der Waals surface area contributed by atoms with Crippen LogP contribution < -0.4 is 4.74 Å². The highest BCUT2D eigenvalue weighted by atomic mass is 32.1. The number of thiophene rings is 1. The number of ether oxygens (including phenoxy) is 1. The van der Waals surface area contributed by atoms with E-state index in [4.69, 9.17) is 4.74 Å². The lowest BCUT2D eigenvalue weighted by Gasteiger charge is -2.37. The van der Waals surface area contributed by atoms with E-state index in [9.17, 15) is 14.0 Å². The number of benzene rings is 2. The molecule has 0 fully saturated rings. The first-order valence-electron chi connectivity index (χ1n) is 11.2. The van der Waals surface area contributed by atoms with Crippen molar-refractivity contribution in [3.05, 3.63) is 100 Å². The molecule has 0 radical (unpaired) electrons. The van der Waals surface area contributed by atoms with E-state index in [-0.39, 0.29) is 30.6 Å². The molecule has 34 heavy (non-hydrogen) atoms. The average molecular weight is 479 g/mol. The molecule has 0 aliphatic carbocycles. The molecule has 1 aromatic heterocycles. The highest BCUT2D eigenvalue weighted by Crippen LogP contribution is 2.34. The van der Waals surface area contributed by atoms with E-state index in [2.05, 4.69) is 6.58 Å². The lowest BCUT2D eigenvalue weighted by Crippen LogP contribution is -2.48. The van der Waals surface area contributed by atoms with Gasteiger partial charge in [0.05, 0.1) is 11.6 Å². The van der Waals surface area contributed by atoms with Gasteiger partial charge in [0.1, 0.15) is 24.7 Å². The van der Waals surface area contributed by atoms with Crippen molar-refractivity contribution in [1.82, 2.24) is 9.80 Å². The lowest BCUT2D eigenvalue weighted by atomic mass is 10.00. The van der Waals surface area contributed by atoms with Gasteiger partial charge in [-0.05, 0) is 54.1 Å². The van der Waals surface area contributed by atoms with Crippen molar-refractivity contribution in [3.8, 4) is 5.75 Å². The van der Waals surface area contributed by atoms with Gasteiger partial charge < -0.3 is 14.5 Å². The molecule has 176 valence electrons. The Morgan fingerprint density at radius 2 is 1.97 bits per heavy atom. The summed E-state index contributed by atoms with van der Waals surface area (Å²) < 4.78 is 20.4. The normalized spacial score (nSPS) is 14.9. The number of hydrogen-bond donors (Lipinski definition) is 0. The van der Waals surface area contributed by atoms with Crippen LogP contribution >= 0.6 is 11.3 Å². The van der Waals surface area contributed by atoms with Crippen molar-refractivity contribution in [2.45, 2.75) is 19.4 Å². The third-order valence-corrected chi connectivity index (χ3v) is 6.97. The summed E-state index contributed by atoms with van der Waals surface area (Å²) >= 11 is 1.68. The van der Waals surface area contributed by atoms with Crippen molar-refractivity contribution in [2.24, 2.45) is 0 Å². The van der Waals surface area contributed by atoms with Crippen LogP contribution in [0.4, 0.5) is 4.39 Å². The molecule has 0 N–H and O–H groups in total. The summed E-state index contributed by atoms with van der Waals surface area (Å²) in [5, 5.41) is 2.03. The second-order valence-corrected chi connectivity index (χ2v) is 9.18. The van der Waals surface area contributed by atoms with E-state index in [0.717, 1.165) is 23.3 Å². The molecule has 5 nitrogen and oxygen atoms in total. The summed E-state index contributed by atoms with van der Waals surface area (Å²) in [6.45, 7) is 6.49. The van der Waals surface area contributed by atoms with Crippen molar-refractivity contribution >= 4 is 23.2 Å². The van der Waals surface area contributed by atoms with Crippen molar-refractivity contribution < 1.29 is 18.7 Å². The number of carbonyl (C=O) groups excluding carboxylic acids is 2. The van der Waals surface area contributed by atoms with Gasteiger partial charge in [-0.25, -0.2) is 4.39 Å². The molecule has 3 aromatic rings. The monoisotopic (exact) mass is 478 g/mol. The van der Waals surface area contributed by atoms with Gasteiger partial charge in [-0.2, -0.15) is 0 Å². The van der Waals surface area contributed by atoms with Crippen molar-refractivity contribution in [2.75, 3.05) is 26.2 Å². The number of amides is 2. The number of fused-ring (bicyclic) bond motifs is 1. The highest BCUT2D eigenvalue weighted by Gasteiger charge is 2.33. The Hall–Kier alpha value is -3.45. The molecule has 1 atom stereocenters. The summed E-state index contributed by atoms with van der Waals surface area (Å²) in [5.41, 5.74) is 2.04. The number of rotatable bonds is 8. The van der Waals surface area contributed by atoms with Crippen molar-refractivity contribution in [1.29, 1.82) is 0 Å². The van der Waals surface area contributed by atoms with E-state index in [1.807, 2.05) is 42.6 Å². The molecular weight excluding hydrogens is 451 g/mol. The first-order valence-corrected chi connectivity index (χ1v) is 12.1. The minimum Gasteiger partial charge on any atom is -0.491 e. The molecule has 0 bridgehead atoms. The van der Waals surface area contributed by atoms with Gasteiger partial charge in [-0.15, -0.1) is 17.9 Å². The van der Waals surface area contributed by atoms with Crippen LogP contribution in [0.25, 0.3) is 0 Å². The first-order chi connectivity index (χ1) is 16.5. The summed E-state index contributed by atoms with van der Waals surface area (Å²) in [6.07, 6.45) is 2.29. The van der Waals surface area contributed by atoms with E-state index in [0.29, 0.717) is 13.2 Å². The molecule has 4 rings (SSSR count). The predicted molar refractivity (Wildman–Crippen MR) is 132 cm³/mol. The average Bonchev–Trinajstić information content (AvgIpc) is 3.32. The van der Waals surface area contributed by atoms with Crippen LogP contribution in [-0.2, 0) is 11.2 Å². The molecule has 0 spiro atoms. The Balaban J connectivity index is 1.54. The maximum absolute atomic E-state index is 14.2. The van der Waals surface area contributed by atoms with Gasteiger partial charge in [0.2, 0.25) is 5.91 Å². The Morgan fingerprint density at radius 1 is 1.21 bits per heavy atom. The third-order valence-electron chi connectivity index (χ3n) is 5.97. The van der Waals surface area contributed by atoms with Gasteiger partial charge in [0.25, 0.3) is 5.91 Å². The van der Waals surface area contributed by atoms with Crippen LogP contribution in [0.5, 0.6) is 5.75 Å². The third kappa shape index (κ3) is 5.04. The minimum atomic E-state index is -0.612. The van der Waals surface area contributed by atoms with Gasteiger partial charge in [-0.1, -0.05) is 36.4 Å². The van der Waals surface area contributed by atoms with Gasteiger partial charge in [-0.3, -0.25) is 9.59 Å². The Labute approximate surface area is 203 Å². The van der Waals surface area contributed by atoms with Crippen LogP contribution in [0.1, 0.15) is 32.4 Å². The molecule has 1 unspecified atom stereocenters. The number of aryl methyl sites for hydroxylation is 1. The van der Waals surface area contributed by atoms with Gasteiger partial charge in [0.15, 0.2) is 0 Å². The summed E-state index contributed by atoms with van der Waals surface area (Å²) in [5.74, 6) is -0.575. The fourth-order valence-electron chi connectivity index (χ4n) is 4.20. The molecule has 2 heterocycles. The van der Waals surface area contributed by atoms with Crippen LogP contribution in [0.2, 0.25) is 0 Å². The molecule has 1 aliphatic heterocycles. The number of halogens is 1. The topological polar surface area (TPSA) is 49.9 Å². The molecule has 0 saturated carbocycles. The fourth-order valence-corrected chi connectivity index (χ4v) is 5.12. The smallest absolute Gasteiger partial charge is 0.257 e. The predicted octanol–water partition coefficient (Wildman–Crippen LogP) is 5.03. The number of nitrogens with zero attached hydrogens (tertiary/aromatic N) is 2. The molecule has 7 heteroatoms. The zero-order valence-electron chi connectivity index (χ0n) is 19.1. The second kappa shape index (κ2) is 10.7. The summed E-state index contributed by atoms with van der Waals surface area (Å²) in [7, 11) is 0. The quantitative estimate of drug-likeness (QED) is 0.427. The maximum atomic E-state index is 14.2. The largest absolute Gasteiger partial charge is 0.491 e. The summed E-state index contributed by atoms with van der Waals surface area (Å²) in [6, 6.07) is 15.3. The molecular formula is C27H27FN2O3S. The standard InChI is InChI=1S/C27H27FN2O3S/c1-3-14-29(27(32)20-9-5-6-10-22(20)28)17-26(31)30-15-12-25-21(13-16-34-25)23(30)18-33-24-11-7-4-8-19(24)2/h3-11,13,16,23H,1,12,14-15,17-18H2,2H3. The zero-order valence-corrected chi connectivity index (χ0v) is 19.9. The second-order valence-electron chi connectivity index (χ2n) is 8.18. The van der Waals surface area contributed by atoms with Crippen LogP contribution in [0, 0.1) is 12.7 Å². The summed E-state index contributed by atoms with van der Waals surface area (Å²) in [4.78, 5) is 30.8. The fraction of sp³-hybridized carbons (Fsp3) is 0.259. The Bertz CT molecular complexity index is 1190. The SMILES string of the molecule is C=CCN(CC(=O)N1CCc2sccc2C1COc1ccccc1C)C(=O)c1ccccc1F. The van der Waals surface area contributed by atoms with Crippen LogP contribution in [0.15, 0.2) is 72.6 Å². The number of hydrogen-bond acceptors (Lipinski definition) is 4. The Kier molecular flexibility index (Phi) is 7.43. The molecule has 2 aromatic carbocycles. The van der Waals surface area contributed by atoms with Gasteiger partial charge in [0, 0.05) is 18.0 Å². The van der Waals surface area contributed by atoms with E-state index in [1.165, 1.54) is 34.1 Å².